The van der Waals surface area contributed by atoms with Gasteiger partial charge in [-0.15, -0.1) is 0 Å². The molecule has 0 unspecified atom stereocenters. The normalized spacial score (nSPS) is 10.8. The van der Waals surface area contributed by atoms with Crippen molar-refractivity contribution in [3.63, 3.8) is 0 Å². The van der Waals surface area contributed by atoms with Crippen LogP contribution >= 0.6 is 11.6 Å². The van der Waals surface area contributed by atoms with Crippen LogP contribution in [0.5, 0.6) is 11.5 Å². The summed E-state index contributed by atoms with van der Waals surface area (Å²) in [4.78, 5) is 12.3. The molecule has 0 N–H and O–H groups in total. The van der Waals surface area contributed by atoms with Crippen molar-refractivity contribution in [1.29, 1.82) is 5.26 Å². The van der Waals surface area contributed by atoms with Crippen LogP contribution < -0.4 is 9.47 Å². The van der Waals surface area contributed by atoms with Gasteiger partial charge in [0, 0.05) is 5.02 Å². The van der Waals surface area contributed by atoms with Crippen LogP contribution in [0.25, 0.3) is 11.6 Å². The molecule has 0 heterocycles. The molecule has 3 aromatic rings. The standard InChI is InChI=1S/C23H16ClNO3/c1-27-22-14-16(13-19(15-25)17-8-10-20(24)11-9-17)7-12-21(22)28-23(26)18-5-3-2-4-6-18/h2-14H,1H3. The molecular formula is C23H16ClNO3. The average Bonchev–Trinajstić information content (AvgIpc) is 2.74. The molecule has 0 aromatic heterocycles. The highest BCUT2D eigenvalue weighted by atomic mass is 35.5. The molecular weight excluding hydrogens is 374 g/mol. The molecule has 0 saturated heterocycles. The fourth-order valence-corrected chi connectivity index (χ4v) is 2.69. The minimum atomic E-state index is -0.471. The highest BCUT2D eigenvalue weighted by molar-refractivity contribution is 6.30. The van der Waals surface area contributed by atoms with Crippen molar-refractivity contribution in [2.75, 3.05) is 7.11 Å². The maximum atomic E-state index is 12.3. The Kier molecular flexibility index (Phi) is 6.11. The molecule has 0 atom stereocenters. The fraction of sp³-hybridized carbons (Fsp3) is 0.0435. The van der Waals surface area contributed by atoms with Gasteiger partial charge in [0.2, 0.25) is 0 Å². The highest BCUT2D eigenvalue weighted by Crippen LogP contribution is 2.30. The summed E-state index contributed by atoms with van der Waals surface area (Å²) < 4.78 is 10.8. The zero-order chi connectivity index (χ0) is 19.9. The Hall–Kier alpha value is -3.55. The van der Waals surface area contributed by atoms with Gasteiger partial charge in [-0.05, 0) is 53.6 Å². The smallest absolute Gasteiger partial charge is 0.343 e. The SMILES string of the molecule is COc1cc(C=C(C#N)c2ccc(Cl)cc2)ccc1OC(=O)c1ccccc1. The summed E-state index contributed by atoms with van der Waals surface area (Å²) in [6.07, 6.45) is 1.73. The zero-order valence-corrected chi connectivity index (χ0v) is 15.8. The number of nitriles is 1. The Balaban J connectivity index is 1.87. The Morgan fingerprint density at radius 1 is 0.964 bits per heavy atom. The Bertz CT molecular complexity index is 1050. The molecule has 3 aromatic carbocycles. The van der Waals surface area contributed by atoms with E-state index < -0.39 is 5.97 Å². The lowest BCUT2D eigenvalue weighted by atomic mass is 10.0. The van der Waals surface area contributed by atoms with Gasteiger partial charge in [-0.2, -0.15) is 5.26 Å². The second-order valence-corrected chi connectivity index (χ2v) is 6.28. The van der Waals surface area contributed by atoms with Crippen LogP contribution in [0.2, 0.25) is 5.02 Å². The summed E-state index contributed by atoms with van der Waals surface area (Å²) in [5.74, 6) is 0.228. The van der Waals surface area contributed by atoms with Crippen molar-refractivity contribution in [2.45, 2.75) is 0 Å². The van der Waals surface area contributed by atoms with E-state index in [1.807, 2.05) is 6.07 Å². The van der Waals surface area contributed by atoms with E-state index in [1.54, 1.807) is 72.8 Å². The summed E-state index contributed by atoms with van der Waals surface area (Å²) in [6.45, 7) is 0. The van der Waals surface area contributed by atoms with Gasteiger partial charge in [0.15, 0.2) is 11.5 Å². The van der Waals surface area contributed by atoms with Crippen LogP contribution in [-0.2, 0) is 0 Å². The van der Waals surface area contributed by atoms with Crippen molar-refractivity contribution in [3.8, 4) is 17.6 Å². The summed E-state index contributed by atoms with van der Waals surface area (Å²) in [7, 11) is 1.49. The highest BCUT2D eigenvalue weighted by Gasteiger charge is 2.12. The molecule has 0 radical (unpaired) electrons. The number of carbonyl (C=O) groups is 1. The van der Waals surface area contributed by atoms with Crippen molar-refractivity contribution < 1.29 is 14.3 Å². The van der Waals surface area contributed by atoms with Crippen LogP contribution in [-0.4, -0.2) is 13.1 Å². The number of ether oxygens (including phenoxy) is 2. The van der Waals surface area contributed by atoms with Gasteiger partial charge in [0.1, 0.15) is 0 Å². The van der Waals surface area contributed by atoms with Crippen LogP contribution in [0.15, 0.2) is 72.8 Å². The first-order chi connectivity index (χ1) is 13.6. The topological polar surface area (TPSA) is 59.3 Å². The number of esters is 1. The zero-order valence-electron chi connectivity index (χ0n) is 15.1. The molecule has 4 nitrogen and oxygen atoms in total. The average molecular weight is 390 g/mol. The molecule has 0 aliphatic rings. The predicted molar refractivity (Wildman–Crippen MR) is 109 cm³/mol. The molecule has 0 spiro atoms. The van der Waals surface area contributed by atoms with Gasteiger partial charge >= 0.3 is 5.97 Å². The largest absolute Gasteiger partial charge is 0.493 e. The predicted octanol–water partition coefficient (Wildman–Crippen LogP) is 5.63. The van der Waals surface area contributed by atoms with Crippen LogP contribution in [0.4, 0.5) is 0 Å². The lowest BCUT2D eigenvalue weighted by Gasteiger charge is -2.10. The van der Waals surface area contributed by atoms with Gasteiger partial charge in [-0.3, -0.25) is 0 Å². The minimum absolute atomic E-state index is 0.304. The van der Waals surface area contributed by atoms with Gasteiger partial charge in [0.05, 0.1) is 24.3 Å². The maximum Gasteiger partial charge on any atom is 0.343 e. The molecule has 0 aliphatic heterocycles. The van der Waals surface area contributed by atoms with Crippen LogP contribution in [0, 0.1) is 11.3 Å². The fourth-order valence-electron chi connectivity index (χ4n) is 2.57. The third-order valence-corrected chi connectivity index (χ3v) is 4.24. The van der Waals surface area contributed by atoms with Crippen LogP contribution in [0.3, 0.4) is 0 Å². The third-order valence-electron chi connectivity index (χ3n) is 3.99. The minimum Gasteiger partial charge on any atom is -0.493 e. The third kappa shape index (κ3) is 4.59. The Morgan fingerprint density at radius 3 is 2.32 bits per heavy atom. The number of nitrogens with zero attached hydrogens (tertiary/aromatic N) is 1. The van der Waals surface area contributed by atoms with Crippen molar-refractivity contribution in [3.05, 3.63) is 94.5 Å². The first-order valence-electron chi connectivity index (χ1n) is 8.43. The molecule has 0 saturated carbocycles. The van der Waals surface area contributed by atoms with Gasteiger partial charge < -0.3 is 9.47 Å². The lowest BCUT2D eigenvalue weighted by molar-refractivity contribution is 0.0729. The van der Waals surface area contributed by atoms with E-state index in [4.69, 9.17) is 21.1 Å². The monoisotopic (exact) mass is 389 g/mol. The van der Waals surface area contributed by atoms with E-state index in [9.17, 15) is 10.1 Å². The summed E-state index contributed by atoms with van der Waals surface area (Å²) in [6, 6.07) is 23.0. The quantitative estimate of drug-likeness (QED) is 0.245. The summed E-state index contributed by atoms with van der Waals surface area (Å²) in [5.41, 5.74) is 2.42. The molecule has 138 valence electrons. The summed E-state index contributed by atoms with van der Waals surface area (Å²) in [5, 5.41) is 10.1. The number of benzene rings is 3. The first kappa shape index (κ1) is 19.2. The second kappa shape index (κ2) is 8.90. The summed E-state index contributed by atoms with van der Waals surface area (Å²) >= 11 is 5.90. The molecule has 0 aliphatic carbocycles. The Labute approximate surface area is 168 Å². The Morgan fingerprint density at radius 2 is 1.68 bits per heavy atom. The van der Waals surface area contributed by atoms with Crippen molar-refractivity contribution >= 4 is 29.2 Å². The van der Waals surface area contributed by atoms with Gasteiger partial charge in [-0.25, -0.2) is 4.79 Å². The number of methoxy groups -OCH3 is 1. The van der Waals surface area contributed by atoms with E-state index in [-0.39, 0.29) is 0 Å². The molecule has 0 amide bonds. The van der Waals surface area contributed by atoms with Gasteiger partial charge in [-0.1, -0.05) is 48.0 Å². The van der Waals surface area contributed by atoms with Gasteiger partial charge in [0.25, 0.3) is 0 Å². The molecule has 0 fully saturated rings. The number of rotatable bonds is 5. The molecule has 0 bridgehead atoms. The molecule has 28 heavy (non-hydrogen) atoms. The molecule has 3 rings (SSSR count). The van der Waals surface area contributed by atoms with E-state index in [0.717, 1.165) is 11.1 Å². The van der Waals surface area contributed by atoms with E-state index >= 15 is 0 Å². The number of hydrogen-bond donors (Lipinski definition) is 0. The van der Waals surface area contributed by atoms with Crippen molar-refractivity contribution in [1.82, 2.24) is 0 Å². The number of allylic oxidation sites excluding steroid dienone is 1. The van der Waals surface area contributed by atoms with E-state index in [0.29, 0.717) is 27.7 Å². The van der Waals surface area contributed by atoms with Crippen molar-refractivity contribution in [2.24, 2.45) is 0 Å². The maximum absolute atomic E-state index is 12.3. The van der Waals surface area contributed by atoms with Crippen LogP contribution in [0.1, 0.15) is 21.5 Å². The number of hydrogen-bond acceptors (Lipinski definition) is 4. The number of carbonyl (C=O) groups excluding carboxylic acids is 1. The second-order valence-electron chi connectivity index (χ2n) is 5.84. The lowest BCUT2D eigenvalue weighted by Crippen LogP contribution is -2.09. The van der Waals surface area contributed by atoms with E-state index in [1.165, 1.54) is 7.11 Å². The van der Waals surface area contributed by atoms with E-state index in [2.05, 4.69) is 6.07 Å². The number of halogens is 1. The first-order valence-corrected chi connectivity index (χ1v) is 8.81. The molecule has 5 heteroatoms.